The Bertz CT molecular complexity index is 2270. The molecule has 54 heavy (non-hydrogen) atoms. The van der Waals surface area contributed by atoms with Gasteiger partial charge in [0.1, 0.15) is 35.6 Å². The fraction of sp³-hybridized carbons (Fsp3) is 0.439. The van der Waals surface area contributed by atoms with Crippen molar-refractivity contribution in [3.63, 3.8) is 0 Å². The first-order valence-corrected chi connectivity index (χ1v) is 18.8. The number of hydrogen-bond donors (Lipinski definition) is 3. The fourth-order valence-corrected chi connectivity index (χ4v) is 8.12. The Kier molecular flexibility index (Phi) is 8.98. The van der Waals surface area contributed by atoms with Gasteiger partial charge in [-0.25, -0.2) is 19.6 Å². The maximum Gasteiger partial charge on any atom is 0.410 e. The number of benzene rings is 3. The van der Waals surface area contributed by atoms with Gasteiger partial charge in [0.2, 0.25) is 5.91 Å². The summed E-state index contributed by atoms with van der Waals surface area (Å²) < 4.78 is 17.0. The lowest BCUT2D eigenvalue weighted by Gasteiger charge is -2.30. The molecule has 3 aromatic carbocycles. The number of likely N-dealkylation sites (tertiary alicyclic amines) is 2. The number of methoxy groups -OCH3 is 1. The molecule has 5 aromatic rings. The maximum atomic E-state index is 13.6. The average molecular weight is 734 g/mol. The van der Waals surface area contributed by atoms with Crippen molar-refractivity contribution < 1.29 is 28.6 Å². The minimum absolute atomic E-state index is 0.106. The molecule has 3 aliphatic heterocycles. The molecule has 0 aliphatic carbocycles. The molecule has 13 heteroatoms. The number of H-pyrrole nitrogens is 2. The van der Waals surface area contributed by atoms with Crippen LogP contribution >= 0.6 is 0 Å². The second-order valence-corrected chi connectivity index (χ2v) is 15.8. The SMILES string of the molecule is COC(=O)NC(C(=O)N1CCCC1c1ncc(-c2ccc3c(c2)COc2c-3ccc3c2ccc2[nH]c([C@@H]4CCCN4C(=O)OC(C)(C)C)nc23)[nH]1)C(C)C. The monoisotopic (exact) mass is 733 g/mol. The van der Waals surface area contributed by atoms with Crippen molar-refractivity contribution >= 4 is 39.9 Å². The first-order chi connectivity index (χ1) is 25.9. The summed E-state index contributed by atoms with van der Waals surface area (Å²) in [6.45, 7) is 11.1. The first kappa shape index (κ1) is 35.4. The summed E-state index contributed by atoms with van der Waals surface area (Å²) in [6.07, 6.45) is 4.22. The molecule has 8 rings (SSSR count). The van der Waals surface area contributed by atoms with Gasteiger partial charge in [-0.3, -0.25) is 9.69 Å². The van der Waals surface area contributed by atoms with E-state index in [1.165, 1.54) is 7.11 Å². The molecule has 0 saturated carbocycles. The van der Waals surface area contributed by atoms with E-state index >= 15 is 0 Å². The molecule has 3 N–H and O–H groups in total. The Labute approximate surface area is 313 Å². The Morgan fingerprint density at radius 1 is 0.926 bits per heavy atom. The second kappa shape index (κ2) is 13.7. The van der Waals surface area contributed by atoms with Gasteiger partial charge in [0.25, 0.3) is 0 Å². The number of aromatic amines is 2. The predicted octanol–water partition coefficient (Wildman–Crippen LogP) is 7.78. The van der Waals surface area contributed by atoms with E-state index in [1.54, 1.807) is 4.90 Å². The summed E-state index contributed by atoms with van der Waals surface area (Å²) in [7, 11) is 1.29. The van der Waals surface area contributed by atoms with Crippen LogP contribution in [0.1, 0.15) is 89.6 Å². The van der Waals surface area contributed by atoms with Crippen molar-refractivity contribution in [3.05, 3.63) is 65.9 Å². The largest absolute Gasteiger partial charge is 0.488 e. The van der Waals surface area contributed by atoms with Crippen molar-refractivity contribution in [1.29, 1.82) is 0 Å². The number of nitrogens with one attached hydrogen (secondary N) is 3. The van der Waals surface area contributed by atoms with Crippen LogP contribution in [0.5, 0.6) is 5.75 Å². The highest BCUT2D eigenvalue weighted by atomic mass is 16.6. The Morgan fingerprint density at radius 2 is 1.65 bits per heavy atom. The van der Waals surface area contributed by atoms with Crippen LogP contribution < -0.4 is 10.1 Å². The minimum Gasteiger partial charge on any atom is -0.488 e. The van der Waals surface area contributed by atoms with Crippen LogP contribution in [0.4, 0.5) is 9.59 Å². The van der Waals surface area contributed by atoms with E-state index in [0.29, 0.717) is 19.7 Å². The van der Waals surface area contributed by atoms with E-state index in [9.17, 15) is 14.4 Å². The van der Waals surface area contributed by atoms with Gasteiger partial charge in [-0.05, 0) is 93.3 Å². The van der Waals surface area contributed by atoms with E-state index in [0.717, 1.165) is 92.8 Å². The molecule has 2 fully saturated rings. The predicted molar refractivity (Wildman–Crippen MR) is 204 cm³/mol. The van der Waals surface area contributed by atoms with E-state index < -0.39 is 17.7 Å². The number of alkyl carbamates (subject to hydrolysis) is 1. The summed E-state index contributed by atoms with van der Waals surface area (Å²) in [5.74, 6) is 2.07. The quantitative estimate of drug-likeness (QED) is 0.160. The molecule has 2 unspecified atom stereocenters. The minimum atomic E-state index is -0.690. The summed E-state index contributed by atoms with van der Waals surface area (Å²) in [6, 6.07) is 13.6. The fourth-order valence-electron chi connectivity index (χ4n) is 8.12. The topological polar surface area (TPSA) is 155 Å². The molecule has 2 aromatic heterocycles. The second-order valence-electron chi connectivity index (χ2n) is 15.8. The highest BCUT2D eigenvalue weighted by Gasteiger charge is 2.38. The van der Waals surface area contributed by atoms with Crippen molar-refractivity contribution in [2.75, 3.05) is 20.2 Å². The zero-order valence-electron chi connectivity index (χ0n) is 31.6. The van der Waals surface area contributed by atoms with Gasteiger partial charge < -0.3 is 34.4 Å². The molecule has 0 radical (unpaired) electrons. The number of carbonyl (C=O) groups is 3. The number of amides is 3. The lowest BCUT2D eigenvalue weighted by molar-refractivity contribution is -0.135. The smallest absolute Gasteiger partial charge is 0.410 e. The highest BCUT2D eigenvalue weighted by Crippen LogP contribution is 2.45. The number of carbonyl (C=O) groups excluding carboxylic acids is 3. The van der Waals surface area contributed by atoms with E-state index in [1.807, 2.05) is 51.8 Å². The van der Waals surface area contributed by atoms with Crippen LogP contribution in [0.3, 0.4) is 0 Å². The number of hydrogen-bond acceptors (Lipinski definition) is 8. The highest BCUT2D eigenvalue weighted by molar-refractivity contribution is 6.09. The van der Waals surface area contributed by atoms with Gasteiger partial charge >= 0.3 is 12.2 Å². The van der Waals surface area contributed by atoms with Gasteiger partial charge in [-0.1, -0.05) is 32.0 Å². The number of rotatable bonds is 6. The molecular formula is C41H47N7O6. The zero-order chi connectivity index (χ0) is 37.9. The van der Waals surface area contributed by atoms with E-state index in [4.69, 9.17) is 24.2 Å². The average Bonchev–Trinajstić information content (AvgIpc) is 3.97. The molecule has 3 amide bonds. The molecule has 3 aliphatic rings. The van der Waals surface area contributed by atoms with Gasteiger partial charge in [-0.2, -0.15) is 0 Å². The summed E-state index contributed by atoms with van der Waals surface area (Å²) >= 11 is 0. The van der Waals surface area contributed by atoms with Crippen LogP contribution in [-0.4, -0.2) is 79.7 Å². The Balaban J connectivity index is 1.04. The Morgan fingerprint density at radius 3 is 2.39 bits per heavy atom. The van der Waals surface area contributed by atoms with E-state index in [2.05, 4.69) is 51.7 Å². The molecule has 0 spiro atoms. The van der Waals surface area contributed by atoms with Crippen molar-refractivity contribution in [2.24, 2.45) is 5.92 Å². The molecule has 3 atom stereocenters. The molecule has 5 heterocycles. The van der Waals surface area contributed by atoms with Crippen LogP contribution in [0.2, 0.25) is 0 Å². The standard InChI is InChI=1S/C41H47N7O6/c1-22(2)33(46-39(50)52-6)38(49)47-17-7-9-31(47)36-42-20-30(44-36)23-11-12-25-24(19-23)21-53-35-27(25)14-13-26-28(35)15-16-29-34(26)45-37(43-29)32-10-8-18-48(32)40(51)54-41(3,4)5/h11-16,19-20,22,31-33H,7-10,17-18,21H2,1-6H3,(H,42,44)(H,43,45)(H,46,50)/t31?,32-,33?/m0/s1. The molecular weight excluding hydrogens is 686 g/mol. The molecule has 0 bridgehead atoms. The van der Waals surface area contributed by atoms with Crippen molar-refractivity contribution in [1.82, 2.24) is 35.1 Å². The lowest BCUT2D eigenvalue weighted by atomic mass is 9.92. The van der Waals surface area contributed by atoms with Crippen molar-refractivity contribution in [2.45, 2.75) is 90.6 Å². The molecule has 2 saturated heterocycles. The normalized spacial score (nSPS) is 18.8. The lowest BCUT2D eigenvalue weighted by Crippen LogP contribution is -2.51. The third kappa shape index (κ3) is 6.39. The maximum absolute atomic E-state index is 13.6. The molecule has 13 nitrogen and oxygen atoms in total. The van der Waals surface area contributed by atoms with Crippen molar-refractivity contribution in [3.8, 4) is 28.1 Å². The Hall–Kier alpha value is -5.59. The van der Waals surface area contributed by atoms with Crippen LogP contribution in [0, 0.1) is 5.92 Å². The number of fused-ring (bicyclic) bond motifs is 7. The van der Waals surface area contributed by atoms with Crippen LogP contribution in [-0.2, 0) is 20.9 Å². The molecule has 282 valence electrons. The van der Waals surface area contributed by atoms with Crippen LogP contribution in [0.15, 0.2) is 48.7 Å². The first-order valence-electron chi connectivity index (χ1n) is 18.8. The summed E-state index contributed by atoms with van der Waals surface area (Å²) in [5.41, 5.74) is 6.21. The summed E-state index contributed by atoms with van der Waals surface area (Å²) in [5, 5.41) is 4.68. The number of nitrogens with zero attached hydrogens (tertiary/aromatic N) is 4. The van der Waals surface area contributed by atoms with Crippen LogP contribution in [0.25, 0.3) is 44.2 Å². The number of aromatic nitrogens is 4. The van der Waals surface area contributed by atoms with E-state index in [-0.39, 0.29) is 30.0 Å². The summed E-state index contributed by atoms with van der Waals surface area (Å²) in [4.78, 5) is 59.0. The number of ether oxygens (including phenoxy) is 3. The van der Waals surface area contributed by atoms with Gasteiger partial charge in [0.05, 0.1) is 42.1 Å². The third-order valence-electron chi connectivity index (χ3n) is 10.7. The van der Waals surface area contributed by atoms with Gasteiger partial charge in [0.15, 0.2) is 0 Å². The third-order valence-corrected chi connectivity index (χ3v) is 10.7. The van der Waals surface area contributed by atoms with Gasteiger partial charge in [0, 0.05) is 29.4 Å². The van der Waals surface area contributed by atoms with Gasteiger partial charge in [-0.15, -0.1) is 0 Å². The number of imidazole rings is 2. The zero-order valence-corrected chi connectivity index (χ0v) is 31.6.